The second-order valence-corrected chi connectivity index (χ2v) is 8.15. The highest BCUT2D eigenvalue weighted by molar-refractivity contribution is 7.98. The van der Waals surface area contributed by atoms with Gasteiger partial charge in [0.25, 0.3) is 0 Å². The SMILES string of the molecule is CSCC(C)(C)C(=O)N1CCC2CCC(C1)N2C(C)C. The van der Waals surface area contributed by atoms with Gasteiger partial charge in [-0.25, -0.2) is 0 Å². The molecule has 2 aliphatic heterocycles. The van der Waals surface area contributed by atoms with E-state index in [1.165, 1.54) is 12.8 Å². The Bertz CT molecular complexity index is 356. The molecular formula is C16H30N2OS. The van der Waals surface area contributed by atoms with E-state index in [1.54, 1.807) is 11.8 Å². The largest absolute Gasteiger partial charge is 0.341 e. The minimum Gasteiger partial charge on any atom is -0.341 e. The number of carbonyl (C=O) groups excluding carboxylic acids is 1. The Balaban J connectivity index is 2.08. The standard InChI is InChI=1S/C16H30N2OS/c1-12(2)18-13-6-7-14(18)10-17(9-8-13)15(19)16(3,4)11-20-5/h12-14H,6-11H2,1-5H3. The van der Waals surface area contributed by atoms with Gasteiger partial charge in [-0.1, -0.05) is 13.8 Å². The zero-order valence-electron chi connectivity index (χ0n) is 13.7. The van der Waals surface area contributed by atoms with Crippen LogP contribution < -0.4 is 0 Å². The first-order valence-electron chi connectivity index (χ1n) is 7.92. The molecule has 2 fully saturated rings. The van der Waals surface area contributed by atoms with Gasteiger partial charge in [0.05, 0.1) is 5.41 Å². The molecule has 0 spiro atoms. The molecule has 4 heteroatoms. The predicted octanol–water partition coefficient (Wildman–Crippen LogP) is 2.85. The van der Waals surface area contributed by atoms with Crippen molar-refractivity contribution in [3.8, 4) is 0 Å². The Morgan fingerprint density at radius 1 is 1.25 bits per heavy atom. The van der Waals surface area contributed by atoms with Crippen molar-refractivity contribution < 1.29 is 4.79 Å². The summed E-state index contributed by atoms with van der Waals surface area (Å²) in [6.45, 7) is 10.7. The number of thioether (sulfide) groups is 1. The lowest BCUT2D eigenvalue weighted by atomic mass is 9.93. The van der Waals surface area contributed by atoms with E-state index in [0.29, 0.717) is 24.0 Å². The summed E-state index contributed by atoms with van der Waals surface area (Å²) in [6, 6.07) is 1.87. The average molecular weight is 298 g/mol. The van der Waals surface area contributed by atoms with Gasteiger partial charge in [0.15, 0.2) is 0 Å². The van der Waals surface area contributed by atoms with Crippen LogP contribution in [0.15, 0.2) is 0 Å². The maximum Gasteiger partial charge on any atom is 0.229 e. The molecule has 1 amide bonds. The minimum atomic E-state index is -0.230. The summed E-state index contributed by atoms with van der Waals surface area (Å²) < 4.78 is 0. The van der Waals surface area contributed by atoms with Crippen molar-refractivity contribution in [3.05, 3.63) is 0 Å². The van der Waals surface area contributed by atoms with E-state index in [0.717, 1.165) is 25.3 Å². The van der Waals surface area contributed by atoms with E-state index in [4.69, 9.17) is 0 Å². The van der Waals surface area contributed by atoms with Crippen LogP contribution in [0.5, 0.6) is 0 Å². The van der Waals surface area contributed by atoms with Crippen molar-refractivity contribution in [2.45, 2.75) is 65.1 Å². The monoisotopic (exact) mass is 298 g/mol. The molecule has 2 rings (SSSR count). The van der Waals surface area contributed by atoms with E-state index in [9.17, 15) is 4.79 Å². The molecule has 0 aromatic carbocycles. The highest BCUT2D eigenvalue weighted by Gasteiger charge is 2.41. The van der Waals surface area contributed by atoms with Crippen LogP contribution in [0, 0.1) is 5.41 Å². The van der Waals surface area contributed by atoms with Gasteiger partial charge in [-0.15, -0.1) is 0 Å². The van der Waals surface area contributed by atoms with Crippen molar-refractivity contribution in [1.82, 2.24) is 9.80 Å². The summed E-state index contributed by atoms with van der Waals surface area (Å²) in [5.41, 5.74) is -0.230. The quantitative estimate of drug-likeness (QED) is 0.797. The maximum absolute atomic E-state index is 12.8. The number of fused-ring (bicyclic) bond motifs is 2. The Morgan fingerprint density at radius 2 is 1.90 bits per heavy atom. The normalized spacial score (nSPS) is 28.0. The Morgan fingerprint density at radius 3 is 2.50 bits per heavy atom. The zero-order chi connectivity index (χ0) is 14.9. The molecule has 0 radical (unpaired) electrons. The first kappa shape index (κ1) is 16.2. The van der Waals surface area contributed by atoms with Crippen LogP contribution in [0.3, 0.4) is 0 Å². The van der Waals surface area contributed by atoms with Crippen molar-refractivity contribution >= 4 is 17.7 Å². The summed E-state index contributed by atoms with van der Waals surface area (Å²) >= 11 is 1.77. The minimum absolute atomic E-state index is 0.230. The van der Waals surface area contributed by atoms with E-state index in [1.807, 2.05) is 0 Å². The smallest absolute Gasteiger partial charge is 0.229 e. The number of carbonyl (C=O) groups is 1. The van der Waals surface area contributed by atoms with Crippen LogP contribution in [-0.4, -0.2) is 58.9 Å². The summed E-state index contributed by atoms with van der Waals surface area (Å²) in [5.74, 6) is 1.26. The Hall–Kier alpha value is -0.220. The van der Waals surface area contributed by atoms with E-state index >= 15 is 0 Å². The third kappa shape index (κ3) is 3.16. The number of rotatable bonds is 4. The second kappa shape index (κ2) is 6.27. The molecule has 2 unspecified atom stereocenters. The predicted molar refractivity (Wildman–Crippen MR) is 87.1 cm³/mol. The molecule has 20 heavy (non-hydrogen) atoms. The number of amides is 1. The van der Waals surface area contributed by atoms with Crippen LogP contribution in [-0.2, 0) is 4.79 Å². The molecule has 3 nitrogen and oxygen atoms in total. The third-order valence-corrected chi connectivity index (χ3v) is 5.82. The first-order valence-corrected chi connectivity index (χ1v) is 9.32. The van der Waals surface area contributed by atoms with Gasteiger partial charge < -0.3 is 4.90 Å². The Kier molecular flexibility index (Phi) is 5.06. The third-order valence-electron chi connectivity index (χ3n) is 4.81. The summed E-state index contributed by atoms with van der Waals surface area (Å²) in [5, 5.41) is 0. The molecule has 2 saturated heterocycles. The average Bonchev–Trinajstić information content (AvgIpc) is 2.63. The van der Waals surface area contributed by atoms with Crippen molar-refractivity contribution in [2.24, 2.45) is 5.41 Å². The summed E-state index contributed by atoms with van der Waals surface area (Å²) in [4.78, 5) is 17.6. The molecule has 116 valence electrons. The second-order valence-electron chi connectivity index (χ2n) is 7.28. The molecule has 2 atom stereocenters. The van der Waals surface area contributed by atoms with Crippen molar-refractivity contribution in [2.75, 3.05) is 25.1 Å². The molecule has 0 aliphatic carbocycles. The van der Waals surface area contributed by atoms with Crippen molar-refractivity contribution in [1.29, 1.82) is 0 Å². The maximum atomic E-state index is 12.8. The van der Waals surface area contributed by atoms with Gasteiger partial charge in [0, 0.05) is 37.0 Å². The topological polar surface area (TPSA) is 23.6 Å². The van der Waals surface area contributed by atoms with Gasteiger partial charge in [0.1, 0.15) is 0 Å². The first-order chi connectivity index (χ1) is 9.36. The van der Waals surface area contributed by atoms with Crippen LogP contribution in [0.25, 0.3) is 0 Å². The molecule has 0 saturated carbocycles. The van der Waals surface area contributed by atoms with Crippen LogP contribution in [0.4, 0.5) is 0 Å². The van der Waals surface area contributed by atoms with Gasteiger partial charge in [-0.2, -0.15) is 11.8 Å². The van der Waals surface area contributed by atoms with Gasteiger partial charge in [0.2, 0.25) is 5.91 Å². The fourth-order valence-corrected chi connectivity index (χ4v) is 4.83. The highest BCUT2D eigenvalue weighted by Crippen LogP contribution is 2.33. The van der Waals surface area contributed by atoms with Crippen LogP contribution >= 0.6 is 11.8 Å². The van der Waals surface area contributed by atoms with E-state index in [2.05, 4.69) is 43.8 Å². The lowest BCUT2D eigenvalue weighted by molar-refractivity contribution is -0.139. The molecule has 2 bridgehead atoms. The van der Waals surface area contributed by atoms with E-state index in [-0.39, 0.29) is 5.41 Å². The molecular weight excluding hydrogens is 268 g/mol. The van der Waals surface area contributed by atoms with Gasteiger partial charge in [-0.05, 0) is 39.4 Å². The molecule has 2 aliphatic rings. The lowest BCUT2D eigenvalue weighted by Crippen LogP contribution is -2.47. The number of likely N-dealkylation sites (tertiary alicyclic amines) is 1. The highest BCUT2D eigenvalue weighted by atomic mass is 32.2. The number of hydrogen-bond acceptors (Lipinski definition) is 3. The Labute approximate surface area is 128 Å². The number of hydrogen-bond donors (Lipinski definition) is 0. The van der Waals surface area contributed by atoms with Gasteiger partial charge >= 0.3 is 0 Å². The number of nitrogens with zero attached hydrogens (tertiary/aromatic N) is 2. The van der Waals surface area contributed by atoms with E-state index < -0.39 is 0 Å². The molecule has 0 aromatic heterocycles. The summed E-state index contributed by atoms with van der Waals surface area (Å²) in [7, 11) is 0. The van der Waals surface area contributed by atoms with Crippen LogP contribution in [0.2, 0.25) is 0 Å². The summed E-state index contributed by atoms with van der Waals surface area (Å²) in [6.07, 6.45) is 5.81. The fraction of sp³-hybridized carbons (Fsp3) is 0.938. The molecule has 0 aromatic rings. The zero-order valence-corrected chi connectivity index (χ0v) is 14.5. The van der Waals surface area contributed by atoms with Gasteiger partial charge in [-0.3, -0.25) is 9.69 Å². The van der Waals surface area contributed by atoms with Crippen molar-refractivity contribution in [3.63, 3.8) is 0 Å². The van der Waals surface area contributed by atoms with Crippen LogP contribution in [0.1, 0.15) is 47.0 Å². The fourth-order valence-electron chi connectivity index (χ4n) is 3.99. The molecule has 0 N–H and O–H groups in total. The lowest BCUT2D eigenvalue weighted by Gasteiger charge is -2.34. The molecule has 2 heterocycles.